The molecule has 1 atom stereocenters. The molecule has 0 saturated carbocycles. The molecule has 7 nitrogen and oxygen atoms in total. The predicted octanol–water partition coefficient (Wildman–Crippen LogP) is 3.29. The van der Waals surface area contributed by atoms with Crippen LogP contribution in [0.2, 0.25) is 0 Å². The molecule has 1 amide bonds. The number of rotatable bonds is 7. The lowest BCUT2D eigenvalue weighted by atomic mass is 10.1. The number of nitrogens with zero attached hydrogens (tertiary/aromatic N) is 3. The number of benzene rings is 1. The summed E-state index contributed by atoms with van der Waals surface area (Å²) in [4.78, 5) is 27.7. The van der Waals surface area contributed by atoms with Gasteiger partial charge in [0.25, 0.3) is 11.6 Å². The van der Waals surface area contributed by atoms with E-state index in [-0.39, 0.29) is 17.6 Å². The number of carbonyl (C=O) groups excluding carboxylic acids is 1. The van der Waals surface area contributed by atoms with E-state index >= 15 is 0 Å². The Labute approximate surface area is 162 Å². The minimum absolute atomic E-state index is 0.00783. The first kappa shape index (κ1) is 19.3. The van der Waals surface area contributed by atoms with Crippen molar-refractivity contribution < 1.29 is 9.72 Å². The van der Waals surface area contributed by atoms with Gasteiger partial charge < -0.3 is 15.1 Å². The molecule has 1 aromatic heterocycles. The molecule has 1 aromatic carbocycles. The summed E-state index contributed by atoms with van der Waals surface area (Å²) in [6.45, 7) is 2.07. The molecule has 2 aromatic rings. The second kappa shape index (κ2) is 8.49. The van der Waals surface area contributed by atoms with Gasteiger partial charge in [-0.1, -0.05) is 0 Å². The molecule has 144 valence electrons. The summed E-state index contributed by atoms with van der Waals surface area (Å²) in [7, 11) is 3.92. The van der Waals surface area contributed by atoms with Crippen molar-refractivity contribution in [2.45, 2.75) is 18.9 Å². The Kier molecular flexibility index (Phi) is 6.08. The highest BCUT2D eigenvalue weighted by Gasteiger charge is 2.24. The zero-order valence-corrected chi connectivity index (χ0v) is 16.4. The number of nitrogens with one attached hydrogen (secondary N) is 1. The summed E-state index contributed by atoms with van der Waals surface area (Å²) in [6.07, 6.45) is 2.07. The van der Waals surface area contributed by atoms with E-state index in [0.717, 1.165) is 31.5 Å². The molecule has 1 N–H and O–H groups in total. The molecule has 1 unspecified atom stereocenters. The van der Waals surface area contributed by atoms with Crippen molar-refractivity contribution in [3.05, 3.63) is 56.3 Å². The van der Waals surface area contributed by atoms with Crippen molar-refractivity contribution in [2.24, 2.45) is 0 Å². The average Bonchev–Trinajstić information content (AvgIpc) is 3.35. The zero-order chi connectivity index (χ0) is 19.4. The Balaban J connectivity index is 1.74. The fraction of sp³-hybridized carbons (Fsp3) is 0.421. The number of likely N-dealkylation sites (N-methyl/N-ethyl adjacent to an activating group) is 1. The number of hydrogen-bond donors (Lipinski definition) is 1. The van der Waals surface area contributed by atoms with Gasteiger partial charge in [0.1, 0.15) is 5.69 Å². The Morgan fingerprint density at radius 2 is 2.07 bits per heavy atom. The first-order valence-electron chi connectivity index (χ1n) is 8.97. The van der Waals surface area contributed by atoms with Gasteiger partial charge >= 0.3 is 0 Å². The van der Waals surface area contributed by atoms with Crippen molar-refractivity contribution in [3.63, 3.8) is 0 Å². The molecule has 8 heteroatoms. The van der Waals surface area contributed by atoms with E-state index in [1.165, 1.54) is 6.07 Å². The zero-order valence-electron chi connectivity index (χ0n) is 15.6. The number of nitro benzene ring substituents is 1. The molecule has 2 heterocycles. The van der Waals surface area contributed by atoms with E-state index in [1.54, 1.807) is 23.5 Å². The van der Waals surface area contributed by atoms with Gasteiger partial charge in [0.15, 0.2) is 0 Å². The third kappa shape index (κ3) is 4.45. The third-order valence-corrected chi connectivity index (χ3v) is 5.59. The predicted molar refractivity (Wildman–Crippen MR) is 108 cm³/mol. The van der Waals surface area contributed by atoms with Gasteiger partial charge in [-0.3, -0.25) is 14.9 Å². The van der Waals surface area contributed by atoms with Crippen molar-refractivity contribution in [2.75, 3.05) is 38.6 Å². The summed E-state index contributed by atoms with van der Waals surface area (Å²) in [5.41, 5.74) is 2.04. The van der Waals surface area contributed by atoms with E-state index in [0.29, 0.717) is 17.8 Å². The second-order valence-electron chi connectivity index (χ2n) is 6.90. The van der Waals surface area contributed by atoms with E-state index < -0.39 is 4.92 Å². The van der Waals surface area contributed by atoms with Crippen LogP contribution in [0.4, 0.5) is 11.4 Å². The Bertz CT molecular complexity index is 801. The number of thiophene rings is 1. The van der Waals surface area contributed by atoms with Gasteiger partial charge in [0.05, 0.1) is 11.0 Å². The van der Waals surface area contributed by atoms with Crippen molar-refractivity contribution in [3.8, 4) is 0 Å². The highest BCUT2D eigenvalue weighted by atomic mass is 32.1. The monoisotopic (exact) mass is 388 g/mol. The normalized spacial score (nSPS) is 15.1. The average molecular weight is 388 g/mol. The summed E-state index contributed by atoms with van der Waals surface area (Å²) in [5.74, 6) is -0.298. The highest BCUT2D eigenvalue weighted by molar-refractivity contribution is 7.07. The lowest BCUT2D eigenvalue weighted by Gasteiger charge is -2.24. The first-order chi connectivity index (χ1) is 13.0. The van der Waals surface area contributed by atoms with Crippen LogP contribution in [0.5, 0.6) is 0 Å². The van der Waals surface area contributed by atoms with E-state index in [4.69, 9.17) is 0 Å². The maximum atomic E-state index is 12.6. The first-order valence-corrected chi connectivity index (χ1v) is 9.91. The molecule has 0 bridgehead atoms. The van der Waals surface area contributed by atoms with Crippen LogP contribution in [0.3, 0.4) is 0 Å². The molecule has 1 fully saturated rings. The van der Waals surface area contributed by atoms with E-state index in [9.17, 15) is 14.9 Å². The topological polar surface area (TPSA) is 78.7 Å². The second-order valence-corrected chi connectivity index (χ2v) is 7.68. The summed E-state index contributed by atoms with van der Waals surface area (Å²) >= 11 is 1.62. The van der Waals surface area contributed by atoms with Crippen LogP contribution in [0, 0.1) is 10.1 Å². The van der Waals surface area contributed by atoms with Crippen LogP contribution in [0.25, 0.3) is 0 Å². The Morgan fingerprint density at radius 1 is 1.33 bits per heavy atom. The number of anilines is 1. The van der Waals surface area contributed by atoms with Crippen LogP contribution in [0.1, 0.15) is 34.8 Å². The molecule has 1 saturated heterocycles. The molecular weight excluding hydrogens is 364 g/mol. The maximum absolute atomic E-state index is 12.6. The van der Waals surface area contributed by atoms with Crippen molar-refractivity contribution in [1.29, 1.82) is 0 Å². The van der Waals surface area contributed by atoms with Crippen LogP contribution < -0.4 is 10.2 Å². The molecule has 27 heavy (non-hydrogen) atoms. The van der Waals surface area contributed by atoms with Gasteiger partial charge in [-0.05, 0) is 61.5 Å². The largest absolute Gasteiger partial charge is 0.366 e. The van der Waals surface area contributed by atoms with Crippen molar-refractivity contribution >= 4 is 28.6 Å². The van der Waals surface area contributed by atoms with E-state index in [1.807, 2.05) is 35.3 Å². The number of amides is 1. The van der Waals surface area contributed by atoms with Crippen LogP contribution >= 0.6 is 11.3 Å². The fourth-order valence-corrected chi connectivity index (χ4v) is 4.10. The highest BCUT2D eigenvalue weighted by Crippen LogP contribution is 2.31. The number of carbonyl (C=O) groups is 1. The van der Waals surface area contributed by atoms with Crippen LogP contribution in [-0.2, 0) is 0 Å². The molecule has 3 rings (SSSR count). The standard InChI is InChI=1S/C19H24N4O3S/c1-21(2)18(15-7-10-27-13-15)12-20-19(24)14-5-6-16(17(11-14)23(25)26)22-8-3-4-9-22/h5-7,10-11,13,18H,3-4,8-9,12H2,1-2H3,(H,20,24). The fourth-order valence-electron chi connectivity index (χ4n) is 3.39. The van der Waals surface area contributed by atoms with E-state index in [2.05, 4.69) is 10.7 Å². The minimum Gasteiger partial charge on any atom is -0.366 e. The van der Waals surface area contributed by atoms with Crippen LogP contribution in [0.15, 0.2) is 35.0 Å². The quantitative estimate of drug-likeness (QED) is 0.582. The third-order valence-electron chi connectivity index (χ3n) is 4.89. The van der Waals surface area contributed by atoms with Gasteiger partial charge in [-0.15, -0.1) is 0 Å². The number of nitro groups is 1. The van der Waals surface area contributed by atoms with Gasteiger partial charge in [-0.25, -0.2) is 0 Å². The molecule has 0 radical (unpaired) electrons. The van der Waals surface area contributed by atoms with Crippen LogP contribution in [-0.4, -0.2) is 49.5 Å². The minimum atomic E-state index is -0.404. The lowest BCUT2D eigenvalue weighted by molar-refractivity contribution is -0.384. The summed E-state index contributed by atoms with van der Waals surface area (Å²) < 4.78 is 0. The summed E-state index contributed by atoms with van der Waals surface area (Å²) in [5, 5.41) is 18.5. The molecule has 1 aliphatic rings. The Hall–Kier alpha value is -2.45. The maximum Gasteiger partial charge on any atom is 0.293 e. The van der Waals surface area contributed by atoms with Crippen molar-refractivity contribution in [1.82, 2.24) is 10.2 Å². The SMILES string of the molecule is CN(C)C(CNC(=O)c1ccc(N2CCCC2)c([N+](=O)[O-])c1)c1ccsc1. The van der Waals surface area contributed by atoms with Gasteiger partial charge in [-0.2, -0.15) is 11.3 Å². The molecular formula is C19H24N4O3S. The molecule has 0 spiro atoms. The van der Waals surface area contributed by atoms with Gasteiger partial charge in [0.2, 0.25) is 0 Å². The summed E-state index contributed by atoms with van der Waals surface area (Å²) in [6, 6.07) is 6.85. The lowest BCUT2D eigenvalue weighted by Crippen LogP contribution is -2.34. The molecule has 0 aliphatic carbocycles. The Morgan fingerprint density at radius 3 is 2.67 bits per heavy atom. The van der Waals surface area contributed by atoms with Gasteiger partial charge in [0, 0.05) is 31.3 Å². The number of hydrogen-bond acceptors (Lipinski definition) is 6. The molecule has 1 aliphatic heterocycles. The smallest absolute Gasteiger partial charge is 0.293 e.